The quantitative estimate of drug-likeness (QED) is 0.704. The number of halogens is 1. The van der Waals surface area contributed by atoms with Crippen molar-refractivity contribution in [2.45, 2.75) is 17.0 Å². The van der Waals surface area contributed by atoms with E-state index in [2.05, 4.69) is 18.8 Å². The van der Waals surface area contributed by atoms with Gasteiger partial charge in [0.1, 0.15) is 0 Å². The zero-order valence-corrected chi connectivity index (χ0v) is 11.9. The second-order valence-electron chi connectivity index (χ2n) is 1.52. The van der Waals surface area contributed by atoms with Crippen LogP contribution in [0.1, 0.15) is 6.92 Å². The molecule has 0 aromatic heterocycles. The molecule has 0 radical (unpaired) electrons. The second kappa shape index (κ2) is 5.51. The van der Waals surface area contributed by atoms with E-state index >= 15 is 0 Å². The molecule has 40 valence electrons. The number of ether oxygens (including phenoxy) is 1. The molecule has 0 rings (SSSR count). The van der Waals surface area contributed by atoms with Gasteiger partial charge in [0.15, 0.2) is 0 Å². The minimum atomic E-state index is -0.549. The third-order valence-electron chi connectivity index (χ3n) is 0.918. The van der Waals surface area contributed by atoms with Gasteiger partial charge in [-0.1, -0.05) is 0 Å². The van der Waals surface area contributed by atoms with Crippen molar-refractivity contribution in [1.82, 2.24) is 0 Å². The van der Waals surface area contributed by atoms with E-state index in [-0.39, 0.29) is 0 Å². The summed E-state index contributed by atoms with van der Waals surface area (Å²) in [7, 11) is 1.77. The molecule has 1 atom stereocenters. The molecule has 3 heteroatoms. The molecule has 0 aromatic carbocycles. The van der Waals surface area contributed by atoms with Crippen LogP contribution < -0.4 is 0 Å². The van der Waals surface area contributed by atoms with Crippen LogP contribution in [0.5, 0.6) is 0 Å². The van der Waals surface area contributed by atoms with Crippen LogP contribution in [-0.4, -0.2) is 13.2 Å². The summed E-state index contributed by atoms with van der Waals surface area (Å²) < 4.78 is 6.33. The van der Waals surface area contributed by atoms with Gasteiger partial charge < -0.3 is 0 Å². The van der Waals surface area contributed by atoms with Crippen LogP contribution in [0.2, 0.25) is 3.93 Å². The third-order valence-corrected chi connectivity index (χ3v) is 8.94. The van der Waals surface area contributed by atoms with E-state index in [0.29, 0.717) is 6.10 Å². The summed E-state index contributed by atoms with van der Waals surface area (Å²) in [4.78, 5) is 0. The first-order valence-electron chi connectivity index (χ1n) is 2.40. The molecule has 0 saturated carbocycles. The van der Waals surface area contributed by atoms with Gasteiger partial charge in [-0.3, -0.25) is 0 Å². The maximum absolute atomic E-state index is 5.02. The maximum atomic E-state index is 5.02. The van der Waals surface area contributed by atoms with Gasteiger partial charge in [0, 0.05) is 0 Å². The van der Waals surface area contributed by atoms with Crippen molar-refractivity contribution >= 4 is 11.9 Å². The summed E-state index contributed by atoms with van der Waals surface area (Å²) in [6, 6.07) is 0. The molecule has 0 aromatic rings. The number of hydrogen-bond donors (Lipinski definition) is 0. The zero-order chi connectivity index (χ0) is 5.70. The van der Waals surface area contributed by atoms with E-state index in [4.69, 9.17) is 4.74 Å². The Morgan fingerprint density at radius 2 is 2.43 bits per heavy atom. The van der Waals surface area contributed by atoms with Gasteiger partial charge in [-0.25, -0.2) is 0 Å². The van der Waals surface area contributed by atoms with Crippen molar-refractivity contribution in [1.29, 1.82) is 0 Å². The Kier molecular flexibility index (Phi) is 6.59. The predicted molar refractivity (Wildman–Crippen MR) is 30.2 cm³/mol. The first-order chi connectivity index (χ1) is 3.31. The number of hydrogen-bond acceptors (Lipinski definition) is 1. The van der Waals surface area contributed by atoms with Gasteiger partial charge in [-0.05, 0) is 0 Å². The molecule has 0 amide bonds. The average Bonchev–Trinajstić information content (AvgIpc) is 1.68. The zero-order valence-electron chi connectivity index (χ0n) is 4.78. The average molecular weight is 354 g/mol. The van der Waals surface area contributed by atoms with E-state index in [9.17, 15) is 0 Å². The molecule has 0 N–H and O–H groups in total. The fraction of sp³-hybridized carbons (Fsp3) is 1.00. The Hall–Kier alpha value is 1.38. The molecule has 0 heterocycles. The standard InChI is InChI=1S/C4H9O.BrH.Hg/c1-4(2)5-3;;/h4H,1H2,2-3H3;1H;/q;;+1/p-1. The Morgan fingerprint density at radius 3 is 2.57 bits per heavy atom. The Balaban J connectivity index is 2.83. The molecular weight excluding hydrogens is 345 g/mol. The second-order valence-corrected chi connectivity index (χ2v) is 12.2. The van der Waals surface area contributed by atoms with Crippen molar-refractivity contribution in [2.75, 3.05) is 7.11 Å². The first kappa shape index (κ1) is 8.38. The molecule has 0 aliphatic carbocycles. The Bertz CT molecular complexity index is 42.7. The monoisotopic (exact) mass is 354 g/mol. The van der Waals surface area contributed by atoms with Crippen molar-refractivity contribution in [3.63, 3.8) is 0 Å². The van der Waals surface area contributed by atoms with Gasteiger partial charge >= 0.3 is 62.9 Å². The van der Waals surface area contributed by atoms with Gasteiger partial charge in [-0.2, -0.15) is 0 Å². The SMILES string of the molecule is COC(C)[CH2][Hg][Br]. The molecule has 0 aliphatic rings. The minimum absolute atomic E-state index is 0.501. The molecule has 7 heavy (non-hydrogen) atoms. The van der Waals surface area contributed by atoms with Crippen LogP contribution in [0.4, 0.5) is 0 Å². The molecule has 0 aliphatic heterocycles. The van der Waals surface area contributed by atoms with Crippen LogP contribution >= 0.6 is 11.9 Å². The summed E-state index contributed by atoms with van der Waals surface area (Å²) in [5, 5.41) is 0. The van der Waals surface area contributed by atoms with Crippen molar-refractivity contribution in [3.8, 4) is 0 Å². The molecule has 1 nitrogen and oxygen atoms in total. The predicted octanol–water partition coefficient (Wildman–Crippen LogP) is 1.83. The third kappa shape index (κ3) is 5.24. The van der Waals surface area contributed by atoms with Crippen LogP contribution in [0.3, 0.4) is 0 Å². The summed E-state index contributed by atoms with van der Waals surface area (Å²) >= 11 is 2.98. The van der Waals surface area contributed by atoms with E-state index < -0.39 is 22.1 Å². The summed E-state index contributed by atoms with van der Waals surface area (Å²) in [6.07, 6.45) is 0.501. The summed E-state index contributed by atoms with van der Waals surface area (Å²) in [5.74, 6) is 0. The topological polar surface area (TPSA) is 9.23 Å². The fourth-order valence-electron chi connectivity index (χ4n) is 0.272. The number of rotatable bonds is 3. The molecular formula is C4H9BrHgO. The molecule has 0 spiro atoms. The first-order valence-corrected chi connectivity index (χ1v) is 18.2. The molecule has 0 saturated heterocycles. The Labute approximate surface area is 62.5 Å². The Morgan fingerprint density at radius 1 is 1.86 bits per heavy atom. The summed E-state index contributed by atoms with van der Waals surface area (Å²) in [5.41, 5.74) is 0. The van der Waals surface area contributed by atoms with Crippen LogP contribution in [0.25, 0.3) is 0 Å². The fourth-order valence-corrected chi connectivity index (χ4v) is 8.04. The van der Waals surface area contributed by atoms with Crippen molar-refractivity contribution < 1.29 is 26.9 Å². The van der Waals surface area contributed by atoms with Crippen LogP contribution in [0, 0.1) is 0 Å². The van der Waals surface area contributed by atoms with Crippen LogP contribution in [-0.2, 0) is 26.9 Å². The van der Waals surface area contributed by atoms with E-state index in [1.165, 1.54) is 3.93 Å². The molecule has 1 unspecified atom stereocenters. The number of methoxy groups -OCH3 is 1. The van der Waals surface area contributed by atoms with E-state index in [1.54, 1.807) is 7.11 Å². The van der Waals surface area contributed by atoms with Crippen molar-refractivity contribution in [2.24, 2.45) is 0 Å². The summed E-state index contributed by atoms with van der Waals surface area (Å²) in [6.45, 7) is 2.11. The van der Waals surface area contributed by atoms with Crippen molar-refractivity contribution in [3.05, 3.63) is 0 Å². The van der Waals surface area contributed by atoms with E-state index in [1.807, 2.05) is 0 Å². The molecule has 0 fully saturated rings. The van der Waals surface area contributed by atoms with Gasteiger partial charge in [0.25, 0.3) is 0 Å². The van der Waals surface area contributed by atoms with Gasteiger partial charge in [0.2, 0.25) is 0 Å². The molecule has 0 bridgehead atoms. The van der Waals surface area contributed by atoms with Crippen LogP contribution in [0.15, 0.2) is 0 Å². The normalized spacial score (nSPS) is 13.0. The van der Waals surface area contributed by atoms with E-state index in [0.717, 1.165) is 0 Å². The van der Waals surface area contributed by atoms with Gasteiger partial charge in [-0.15, -0.1) is 0 Å². The van der Waals surface area contributed by atoms with Gasteiger partial charge in [0.05, 0.1) is 0 Å².